The average molecular weight is 301 g/mol. The molecule has 3 rings (SSSR count). The van der Waals surface area contributed by atoms with Gasteiger partial charge in [-0.2, -0.15) is 0 Å². The lowest BCUT2D eigenvalue weighted by Gasteiger charge is -2.52. The Balaban J connectivity index is 1.86. The van der Waals surface area contributed by atoms with Gasteiger partial charge in [-0.3, -0.25) is 14.7 Å². The van der Waals surface area contributed by atoms with Gasteiger partial charge in [0.25, 0.3) is 0 Å². The zero-order valence-corrected chi connectivity index (χ0v) is 13.8. The van der Waals surface area contributed by atoms with E-state index in [4.69, 9.17) is 0 Å². The summed E-state index contributed by atoms with van der Waals surface area (Å²) in [5.41, 5.74) is 1.26. The first-order valence-electron chi connectivity index (χ1n) is 8.58. The maximum Gasteiger partial charge on any atom is 0.223 e. The summed E-state index contributed by atoms with van der Waals surface area (Å²) in [6, 6.07) is 4.63. The van der Waals surface area contributed by atoms with Gasteiger partial charge in [0.05, 0.1) is 5.54 Å². The second-order valence-electron chi connectivity index (χ2n) is 6.84. The third kappa shape index (κ3) is 2.76. The van der Waals surface area contributed by atoms with Gasteiger partial charge in [0.1, 0.15) is 0 Å². The van der Waals surface area contributed by atoms with Gasteiger partial charge in [0.2, 0.25) is 5.91 Å². The molecule has 0 spiro atoms. The Bertz CT molecular complexity index is 518. The highest BCUT2D eigenvalue weighted by atomic mass is 16.2. The Kier molecular flexibility index (Phi) is 4.48. The van der Waals surface area contributed by atoms with Gasteiger partial charge in [-0.05, 0) is 57.7 Å². The molecule has 2 atom stereocenters. The fourth-order valence-corrected chi connectivity index (χ4v) is 4.45. The number of carbonyl (C=O) groups is 1. The van der Waals surface area contributed by atoms with Gasteiger partial charge in [-0.15, -0.1) is 0 Å². The smallest absolute Gasteiger partial charge is 0.223 e. The highest BCUT2D eigenvalue weighted by Gasteiger charge is 2.47. The fourth-order valence-electron chi connectivity index (χ4n) is 4.45. The second-order valence-corrected chi connectivity index (χ2v) is 6.84. The highest BCUT2D eigenvalue weighted by molar-refractivity contribution is 5.78. The molecular weight excluding hydrogens is 274 g/mol. The lowest BCUT2D eigenvalue weighted by Crippen LogP contribution is -2.64. The molecule has 2 aliphatic heterocycles. The maximum absolute atomic E-state index is 12.4. The molecule has 0 bridgehead atoms. The third-order valence-corrected chi connectivity index (χ3v) is 5.51. The Morgan fingerprint density at radius 2 is 2.27 bits per heavy atom. The quantitative estimate of drug-likeness (QED) is 0.861. The average Bonchev–Trinajstić information content (AvgIpc) is 2.67. The molecule has 0 saturated carbocycles. The molecule has 1 aromatic heterocycles. The monoisotopic (exact) mass is 301 g/mol. The van der Waals surface area contributed by atoms with Crippen molar-refractivity contribution in [2.24, 2.45) is 0 Å². The number of hydrogen-bond donors (Lipinski definition) is 0. The largest absolute Gasteiger partial charge is 0.336 e. The third-order valence-electron chi connectivity index (χ3n) is 5.51. The molecule has 4 heteroatoms. The van der Waals surface area contributed by atoms with Crippen molar-refractivity contribution in [3.8, 4) is 0 Å². The molecule has 0 unspecified atom stereocenters. The lowest BCUT2D eigenvalue weighted by atomic mass is 9.79. The van der Waals surface area contributed by atoms with Gasteiger partial charge < -0.3 is 4.90 Å². The number of pyridine rings is 1. The van der Waals surface area contributed by atoms with E-state index >= 15 is 0 Å². The van der Waals surface area contributed by atoms with Crippen molar-refractivity contribution in [2.45, 2.75) is 64.1 Å². The fraction of sp³-hybridized carbons (Fsp3) is 0.667. The molecule has 0 aromatic carbocycles. The van der Waals surface area contributed by atoms with E-state index in [9.17, 15) is 4.79 Å². The van der Waals surface area contributed by atoms with Crippen LogP contribution >= 0.6 is 0 Å². The maximum atomic E-state index is 12.4. The molecule has 22 heavy (non-hydrogen) atoms. The minimum Gasteiger partial charge on any atom is -0.336 e. The van der Waals surface area contributed by atoms with Crippen LogP contribution in [0.4, 0.5) is 0 Å². The van der Waals surface area contributed by atoms with Crippen LogP contribution in [0, 0.1) is 0 Å². The molecule has 2 saturated heterocycles. The highest BCUT2D eigenvalue weighted by Crippen LogP contribution is 2.39. The number of nitrogens with zero attached hydrogens (tertiary/aromatic N) is 3. The van der Waals surface area contributed by atoms with Crippen molar-refractivity contribution in [3.05, 3.63) is 30.1 Å². The van der Waals surface area contributed by atoms with Crippen LogP contribution in [0.2, 0.25) is 0 Å². The number of fused-ring (bicyclic) bond motifs is 1. The van der Waals surface area contributed by atoms with Crippen molar-refractivity contribution < 1.29 is 4.79 Å². The SMILES string of the molecule is CCN1C(=O)CC[C@@H]2N(Cc3cccnc3)CCCC[C@@]21C. The number of likely N-dealkylation sites (N-methyl/N-ethyl adjacent to an activating group) is 1. The molecular formula is C18H27N3O. The van der Waals surface area contributed by atoms with Crippen LogP contribution in [-0.2, 0) is 11.3 Å². The number of rotatable bonds is 3. The van der Waals surface area contributed by atoms with Crippen molar-refractivity contribution in [1.82, 2.24) is 14.8 Å². The number of carbonyl (C=O) groups excluding carboxylic acids is 1. The minimum atomic E-state index is -0.0111. The molecule has 2 aliphatic rings. The van der Waals surface area contributed by atoms with E-state index in [0.29, 0.717) is 18.4 Å². The van der Waals surface area contributed by atoms with Crippen LogP contribution in [0.15, 0.2) is 24.5 Å². The van der Waals surface area contributed by atoms with Gasteiger partial charge >= 0.3 is 0 Å². The van der Waals surface area contributed by atoms with Crippen molar-refractivity contribution in [1.29, 1.82) is 0 Å². The molecule has 0 N–H and O–H groups in total. The van der Waals surface area contributed by atoms with Crippen LogP contribution in [0.25, 0.3) is 0 Å². The molecule has 1 aromatic rings. The molecule has 2 fully saturated rings. The van der Waals surface area contributed by atoms with E-state index in [-0.39, 0.29) is 5.54 Å². The first-order valence-corrected chi connectivity index (χ1v) is 8.58. The number of aromatic nitrogens is 1. The topological polar surface area (TPSA) is 36.4 Å². The number of amides is 1. The van der Waals surface area contributed by atoms with Crippen LogP contribution in [0.3, 0.4) is 0 Å². The minimum absolute atomic E-state index is 0.0111. The van der Waals surface area contributed by atoms with Crippen LogP contribution in [0.1, 0.15) is 51.5 Å². The number of likely N-dealkylation sites (tertiary alicyclic amines) is 2. The normalized spacial score (nSPS) is 30.0. The van der Waals surface area contributed by atoms with Gasteiger partial charge in [-0.25, -0.2) is 0 Å². The van der Waals surface area contributed by atoms with Crippen molar-refractivity contribution in [2.75, 3.05) is 13.1 Å². The van der Waals surface area contributed by atoms with Crippen LogP contribution in [0.5, 0.6) is 0 Å². The van der Waals surface area contributed by atoms with E-state index in [1.165, 1.54) is 18.4 Å². The Morgan fingerprint density at radius 1 is 1.41 bits per heavy atom. The van der Waals surface area contributed by atoms with E-state index < -0.39 is 0 Å². The first-order chi connectivity index (χ1) is 10.6. The van der Waals surface area contributed by atoms with Crippen molar-refractivity contribution >= 4 is 5.91 Å². The van der Waals surface area contributed by atoms with Gasteiger partial charge in [0, 0.05) is 37.9 Å². The molecule has 120 valence electrons. The van der Waals surface area contributed by atoms with Gasteiger partial charge in [0.15, 0.2) is 0 Å². The summed E-state index contributed by atoms with van der Waals surface area (Å²) in [4.78, 5) is 21.3. The van der Waals surface area contributed by atoms with E-state index in [2.05, 4.69) is 34.7 Å². The van der Waals surface area contributed by atoms with Crippen LogP contribution < -0.4 is 0 Å². The van der Waals surface area contributed by atoms with E-state index in [1.54, 1.807) is 0 Å². The van der Waals surface area contributed by atoms with E-state index in [1.807, 2.05) is 18.5 Å². The predicted octanol–water partition coefficient (Wildman–Crippen LogP) is 2.84. The second kappa shape index (κ2) is 6.37. The van der Waals surface area contributed by atoms with Crippen molar-refractivity contribution in [3.63, 3.8) is 0 Å². The molecule has 3 heterocycles. The summed E-state index contributed by atoms with van der Waals surface area (Å²) in [6.07, 6.45) is 9.03. The summed E-state index contributed by atoms with van der Waals surface area (Å²) in [7, 11) is 0. The number of piperidine rings is 1. The van der Waals surface area contributed by atoms with Crippen LogP contribution in [-0.4, -0.2) is 45.4 Å². The lowest BCUT2D eigenvalue weighted by molar-refractivity contribution is -0.146. The molecule has 1 amide bonds. The summed E-state index contributed by atoms with van der Waals surface area (Å²) in [6.45, 7) is 7.31. The molecule has 0 radical (unpaired) electrons. The predicted molar refractivity (Wildman–Crippen MR) is 87.3 cm³/mol. The summed E-state index contributed by atoms with van der Waals surface area (Å²) in [5, 5.41) is 0. The zero-order chi connectivity index (χ0) is 15.6. The molecule has 4 nitrogen and oxygen atoms in total. The van der Waals surface area contributed by atoms with Gasteiger partial charge in [-0.1, -0.05) is 6.07 Å². The summed E-state index contributed by atoms with van der Waals surface area (Å²) >= 11 is 0. The Morgan fingerprint density at radius 3 is 3.00 bits per heavy atom. The summed E-state index contributed by atoms with van der Waals surface area (Å²) in [5.74, 6) is 0.337. The summed E-state index contributed by atoms with van der Waals surface area (Å²) < 4.78 is 0. The zero-order valence-electron chi connectivity index (χ0n) is 13.8. The van der Waals surface area contributed by atoms with E-state index in [0.717, 1.165) is 32.5 Å². The Labute approximate surface area is 133 Å². The number of hydrogen-bond acceptors (Lipinski definition) is 3. The first kappa shape index (κ1) is 15.5. The Hall–Kier alpha value is -1.42. The standard InChI is InChI=1S/C18H27N3O/c1-3-21-17(22)9-8-16-18(21,2)10-4-5-12-20(16)14-15-7-6-11-19-13-15/h6-7,11,13,16H,3-5,8-10,12,14H2,1-2H3/t16-,18-/m0/s1. The molecule has 0 aliphatic carbocycles.